The maximum Gasteiger partial charge on any atom is 0.193 e. The monoisotopic (exact) mass is 361 g/mol. The largest absolute Gasteiger partial charge is 0.381 e. The van der Waals surface area contributed by atoms with Gasteiger partial charge in [0, 0.05) is 50.6 Å². The van der Waals surface area contributed by atoms with Crippen LogP contribution in [-0.2, 0) is 4.74 Å². The minimum Gasteiger partial charge on any atom is -0.381 e. The van der Waals surface area contributed by atoms with Gasteiger partial charge in [-0.3, -0.25) is 4.99 Å². The Labute approximate surface area is 156 Å². The fourth-order valence-electron chi connectivity index (χ4n) is 3.94. The Balaban J connectivity index is 1.58. The zero-order chi connectivity index (χ0) is 17.5. The molecule has 2 aliphatic heterocycles. The topological polar surface area (TPSA) is 36.9 Å². The number of likely N-dealkylation sites (tertiary alicyclic amines) is 1. The lowest BCUT2D eigenvalue weighted by atomic mass is 9.99. The van der Waals surface area contributed by atoms with E-state index in [1.165, 1.54) is 12.0 Å². The molecule has 0 amide bonds. The second-order valence-corrected chi connectivity index (χ2v) is 8.70. The maximum absolute atomic E-state index is 5.59. The number of hydrogen-bond donors (Lipinski definition) is 1. The number of benzene rings is 1. The van der Waals surface area contributed by atoms with Crippen molar-refractivity contribution in [1.82, 2.24) is 10.2 Å². The van der Waals surface area contributed by atoms with Crippen LogP contribution in [0.2, 0.25) is 0 Å². The summed E-state index contributed by atoms with van der Waals surface area (Å²) < 4.78 is 5.88. The van der Waals surface area contributed by atoms with Crippen LogP contribution in [0, 0.1) is 0 Å². The van der Waals surface area contributed by atoms with Crippen LogP contribution in [0.5, 0.6) is 0 Å². The van der Waals surface area contributed by atoms with E-state index in [2.05, 4.69) is 64.2 Å². The van der Waals surface area contributed by atoms with Gasteiger partial charge < -0.3 is 15.0 Å². The molecule has 1 aromatic carbocycles. The molecular formula is C20H31N3OS. The summed E-state index contributed by atoms with van der Waals surface area (Å²) >= 11 is 2.08. The number of ether oxygens (including phenoxy) is 1. The van der Waals surface area contributed by atoms with Gasteiger partial charge in [0.1, 0.15) is 0 Å². The first-order chi connectivity index (χ1) is 12.3. The van der Waals surface area contributed by atoms with Gasteiger partial charge in [0.2, 0.25) is 0 Å². The molecule has 2 saturated heterocycles. The van der Waals surface area contributed by atoms with Crippen LogP contribution in [0.3, 0.4) is 0 Å². The zero-order valence-electron chi connectivity index (χ0n) is 15.5. The number of thioether (sulfide) groups is 1. The molecule has 0 radical (unpaired) electrons. The molecule has 0 saturated carbocycles. The Morgan fingerprint density at radius 1 is 1.32 bits per heavy atom. The van der Waals surface area contributed by atoms with Gasteiger partial charge in [-0.2, -0.15) is 11.8 Å². The highest BCUT2D eigenvalue weighted by Crippen LogP contribution is 2.35. The second-order valence-electron chi connectivity index (χ2n) is 6.97. The first-order valence-corrected chi connectivity index (χ1v) is 10.5. The lowest BCUT2D eigenvalue weighted by molar-refractivity contribution is 0.0780. The van der Waals surface area contributed by atoms with Crippen LogP contribution in [0.15, 0.2) is 35.3 Å². The SMILES string of the molecule is CCSC1(CNC(=NC)N2CCC(c3ccccc3)C2)CCOCC1. The average molecular weight is 362 g/mol. The molecule has 0 aromatic heterocycles. The molecule has 2 fully saturated rings. The van der Waals surface area contributed by atoms with Crippen molar-refractivity contribution in [3.05, 3.63) is 35.9 Å². The summed E-state index contributed by atoms with van der Waals surface area (Å²) in [4.78, 5) is 6.98. The number of nitrogens with zero attached hydrogens (tertiary/aromatic N) is 2. The summed E-state index contributed by atoms with van der Waals surface area (Å²) in [5.74, 6) is 2.82. The van der Waals surface area contributed by atoms with Gasteiger partial charge in [0.15, 0.2) is 5.96 Å². The Morgan fingerprint density at radius 2 is 2.08 bits per heavy atom. The number of nitrogens with one attached hydrogen (secondary N) is 1. The molecule has 3 rings (SSSR count). The van der Waals surface area contributed by atoms with Crippen LogP contribution < -0.4 is 5.32 Å². The molecule has 0 bridgehead atoms. The van der Waals surface area contributed by atoms with Crippen molar-refractivity contribution in [2.75, 3.05) is 45.6 Å². The molecular weight excluding hydrogens is 330 g/mol. The van der Waals surface area contributed by atoms with Gasteiger partial charge in [-0.05, 0) is 30.6 Å². The minimum atomic E-state index is 0.293. The summed E-state index contributed by atoms with van der Waals surface area (Å²) in [5, 5.41) is 3.68. The van der Waals surface area contributed by atoms with Crippen LogP contribution in [0.1, 0.15) is 37.7 Å². The molecule has 1 unspecified atom stereocenters. The lowest BCUT2D eigenvalue weighted by Crippen LogP contribution is -2.48. The summed E-state index contributed by atoms with van der Waals surface area (Å²) in [5.41, 5.74) is 1.45. The van der Waals surface area contributed by atoms with Gasteiger partial charge in [-0.1, -0.05) is 37.3 Å². The predicted octanol–water partition coefficient (Wildman–Crippen LogP) is 3.35. The second kappa shape index (κ2) is 8.95. The number of aliphatic imine (C=N–C) groups is 1. The molecule has 2 heterocycles. The summed E-state index contributed by atoms with van der Waals surface area (Å²) in [6.07, 6.45) is 3.46. The average Bonchev–Trinajstić information content (AvgIpc) is 3.14. The van der Waals surface area contributed by atoms with Crippen LogP contribution in [-0.4, -0.2) is 61.3 Å². The highest BCUT2D eigenvalue weighted by molar-refractivity contribution is 8.00. The summed E-state index contributed by atoms with van der Waals surface area (Å²) in [7, 11) is 1.90. The molecule has 1 aromatic rings. The Kier molecular flexibility index (Phi) is 6.65. The third-order valence-electron chi connectivity index (χ3n) is 5.39. The van der Waals surface area contributed by atoms with Gasteiger partial charge >= 0.3 is 0 Å². The van der Waals surface area contributed by atoms with Crippen molar-refractivity contribution in [3.8, 4) is 0 Å². The van der Waals surface area contributed by atoms with Gasteiger partial charge in [-0.25, -0.2) is 0 Å². The van der Waals surface area contributed by atoms with E-state index >= 15 is 0 Å². The van der Waals surface area contributed by atoms with E-state index in [0.717, 1.165) is 57.4 Å². The maximum atomic E-state index is 5.59. The van der Waals surface area contributed by atoms with Crippen LogP contribution in [0.25, 0.3) is 0 Å². The van der Waals surface area contributed by atoms with E-state index in [9.17, 15) is 0 Å². The van der Waals surface area contributed by atoms with E-state index in [0.29, 0.717) is 10.7 Å². The minimum absolute atomic E-state index is 0.293. The van der Waals surface area contributed by atoms with Crippen LogP contribution in [0.4, 0.5) is 0 Å². The molecule has 0 aliphatic carbocycles. The molecule has 0 spiro atoms. The van der Waals surface area contributed by atoms with E-state index in [-0.39, 0.29) is 0 Å². The molecule has 4 nitrogen and oxygen atoms in total. The first-order valence-electron chi connectivity index (χ1n) is 9.48. The van der Waals surface area contributed by atoms with Gasteiger partial charge in [-0.15, -0.1) is 0 Å². The zero-order valence-corrected chi connectivity index (χ0v) is 16.4. The third-order valence-corrected chi connectivity index (χ3v) is 6.85. The Bertz CT molecular complexity index is 552. The van der Waals surface area contributed by atoms with E-state index in [4.69, 9.17) is 4.74 Å². The highest BCUT2D eigenvalue weighted by atomic mass is 32.2. The standard InChI is InChI=1S/C20H31N3OS/c1-3-25-20(10-13-24-14-11-20)16-22-19(21-2)23-12-9-18(15-23)17-7-5-4-6-8-17/h4-8,18H,3,9-16H2,1-2H3,(H,21,22). The molecule has 25 heavy (non-hydrogen) atoms. The molecule has 1 atom stereocenters. The fraction of sp³-hybridized carbons (Fsp3) is 0.650. The number of guanidine groups is 1. The van der Waals surface area contributed by atoms with E-state index in [1.807, 2.05) is 7.05 Å². The fourth-order valence-corrected chi connectivity index (χ4v) is 5.19. The van der Waals surface area contributed by atoms with Crippen molar-refractivity contribution in [2.45, 2.75) is 36.9 Å². The number of hydrogen-bond acceptors (Lipinski definition) is 3. The predicted molar refractivity (Wildman–Crippen MR) is 108 cm³/mol. The molecule has 5 heteroatoms. The normalized spacial score (nSPS) is 23.7. The van der Waals surface area contributed by atoms with E-state index in [1.54, 1.807) is 0 Å². The van der Waals surface area contributed by atoms with Gasteiger partial charge in [0.25, 0.3) is 0 Å². The molecule has 138 valence electrons. The Morgan fingerprint density at radius 3 is 2.76 bits per heavy atom. The highest BCUT2D eigenvalue weighted by Gasteiger charge is 2.34. The Hall–Kier alpha value is -1.20. The molecule has 1 N–H and O–H groups in total. The van der Waals surface area contributed by atoms with Gasteiger partial charge in [0.05, 0.1) is 0 Å². The van der Waals surface area contributed by atoms with Crippen molar-refractivity contribution in [1.29, 1.82) is 0 Å². The van der Waals surface area contributed by atoms with Crippen molar-refractivity contribution >= 4 is 17.7 Å². The van der Waals surface area contributed by atoms with E-state index < -0.39 is 0 Å². The first kappa shape index (κ1) is 18.6. The molecule has 2 aliphatic rings. The summed E-state index contributed by atoms with van der Waals surface area (Å²) in [6, 6.07) is 10.9. The number of rotatable bonds is 5. The quantitative estimate of drug-likeness (QED) is 0.645. The smallest absolute Gasteiger partial charge is 0.193 e. The third kappa shape index (κ3) is 4.70. The van der Waals surface area contributed by atoms with Crippen molar-refractivity contribution in [3.63, 3.8) is 0 Å². The van der Waals surface area contributed by atoms with Crippen molar-refractivity contribution in [2.24, 2.45) is 4.99 Å². The van der Waals surface area contributed by atoms with Crippen LogP contribution >= 0.6 is 11.8 Å². The lowest BCUT2D eigenvalue weighted by Gasteiger charge is -2.37. The van der Waals surface area contributed by atoms with Crippen molar-refractivity contribution < 1.29 is 4.74 Å². The summed E-state index contributed by atoms with van der Waals surface area (Å²) in [6.45, 7) is 7.13.